The van der Waals surface area contributed by atoms with Crippen LogP contribution in [0.4, 0.5) is 13.2 Å². The largest absolute Gasteiger partial charge is 0.461 e. The van der Waals surface area contributed by atoms with E-state index in [0.29, 0.717) is 32.4 Å². The number of carbonyl (C=O) groups excluding carboxylic acids is 2. The van der Waals surface area contributed by atoms with Crippen LogP contribution in [0.2, 0.25) is 0 Å². The smallest absolute Gasteiger partial charge is 0.405 e. The van der Waals surface area contributed by atoms with Crippen LogP contribution in [-0.2, 0) is 14.3 Å². The zero-order valence-corrected chi connectivity index (χ0v) is 11.8. The number of hydrogen-bond acceptors (Lipinski definition) is 4. The predicted octanol–water partition coefficient (Wildman–Crippen LogP) is 1.08. The fraction of sp³-hybridized carbons (Fsp3) is 0.846. The molecule has 0 aliphatic carbocycles. The second kappa shape index (κ2) is 6.21. The lowest BCUT2D eigenvalue weighted by molar-refractivity contribution is -0.147. The molecule has 0 saturated carbocycles. The van der Waals surface area contributed by atoms with Crippen LogP contribution in [0.15, 0.2) is 0 Å². The first-order valence-electron chi connectivity index (χ1n) is 7.05. The van der Waals surface area contributed by atoms with E-state index in [2.05, 4.69) is 0 Å². The zero-order chi connectivity index (χ0) is 15.6. The molecular formula is C13H19F3N2O3. The number of ether oxygens (including phenoxy) is 1. The molecule has 0 radical (unpaired) electrons. The number of halogens is 3. The van der Waals surface area contributed by atoms with Gasteiger partial charge in [0.25, 0.3) is 0 Å². The standard InChI is InChI=1S/C13H19F3N2O3/c1-8-5-10(12(20)21-8)18-4-2-3-9(6-18)11(19)17-7-13(14,15)16/h8-10H,2-7H2,1H3,(H,17,19). The minimum atomic E-state index is -4.41. The lowest BCUT2D eigenvalue weighted by atomic mass is 9.95. The van der Waals surface area contributed by atoms with Crippen molar-refractivity contribution in [3.63, 3.8) is 0 Å². The van der Waals surface area contributed by atoms with Crippen LogP contribution in [0.3, 0.4) is 0 Å². The summed E-state index contributed by atoms with van der Waals surface area (Å²) in [6.07, 6.45) is -2.77. The Balaban J connectivity index is 1.88. The quantitative estimate of drug-likeness (QED) is 0.793. The van der Waals surface area contributed by atoms with E-state index in [4.69, 9.17) is 4.74 Å². The molecule has 2 heterocycles. The molecule has 2 fully saturated rings. The number of carbonyl (C=O) groups is 2. The molecule has 2 rings (SSSR count). The number of piperidine rings is 1. The van der Waals surface area contributed by atoms with Gasteiger partial charge in [0, 0.05) is 13.0 Å². The number of likely N-dealkylation sites (tertiary alicyclic amines) is 1. The molecule has 2 saturated heterocycles. The summed E-state index contributed by atoms with van der Waals surface area (Å²) >= 11 is 0. The normalized spacial score (nSPS) is 31.0. The molecule has 2 aliphatic heterocycles. The first-order valence-corrected chi connectivity index (χ1v) is 7.05. The fourth-order valence-electron chi connectivity index (χ4n) is 2.87. The number of nitrogens with one attached hydrogen (secondary N) is 1. The van der Waals surface area contributed by atoms with E-state index < -0.39 is 24.5 Å². The Bertz CT molecular complexity index is 414. The van der Waals surface area contributed by atoms with Gasteiger partial charge in [-0.25, -0.2) is 0 Å². The van der Waals surface area contributed by atoms with Gasteiger partial charge >= 0.3 is 12.1 Å². The van der Waals surface area contributed by atoms with Crippen LogP contribution in [0, 0.1) is 5.92 Å². The Labute approximate surface area is 120 Å². The van der Waals surface area contributed by atoms with Crippen molar-refractivity contribution in [3.8, 4) is 0 Å². The van der Waals surface area contributed by atoms with Gasteiger partial charge in [0.05, 0.1) is 5.92 Å². The molecule has 120 valence electrons. The molecule has 8 heteroatoms. The van der Waals surface area contributed by atoms with Gasteiger partial charge in [-0.3, -0.25) is 14.5 Å². The average molecular weight is 308 g/mol. The molecule has 5 nitrogen and oxygen atoms in total. The number of alkyl halides is 3. The zero-order valence-electron chi connectivity index (χ0n) is 11.8. The SMILES string of the molecule is CC1CC(N2CCCC(C(=O)NCC(F)(F)F)C2)C(=O)O1. The highest BCUT2D eigenvalue weighted by Gasteiger charge is 2.39. The molecule has 0 aromatic heterocycles. The summed E-state index contributed by atoms with van der Waals surface area (Å²) in [5.41, 5.74) is 0. The van der Waals surface area contributed by atoms with Gasteiger partial charge in [-0.1, -0.05) is 0 Å². The monoisotopic (exact) mass is 308 g/mol. The van der Waals surface area contributed by atoms with Crippen LogP contribution >= 0.6 is 0 Å². The van der Waals surface area contributed by atoms with Crippen molar-refractivity contribution >= 4 is 11.9 Å². The molecule has 3 atom stereocenters. The van der Waals surface area contributed by atoms with Gasteiger partial charge in [0.15, 0.2) is 0 Å². The van der Waals surface area contributed by atoms with Gasteiger partial charge < -0.3 is 10.1 Å². The molecule has 0 bridgehead atoms. The van der Waals surface area contributed by atoms with Crippen molar-refractivity contribution < 1.29 is 27.5 Å². The lowest BCUT2D eigenvalue weighted by Gasteiger charge is -2.34. The van der Waals surface area contributed by atoms with Crippen molar-refractivity contribution in [2.75, 3.05) is 19.6 Å². The highest BCUT2D eigenvalue weighted by Crippen LogP contribution is 2.25. The lowest BCUT2D eigenvalue weighted by Crippen LogP contribution is -2.49. The molecule has 21 heavy (non-hydrogen) atoms. The summed E-state index contributed by atoms with van der Waals surface area (Å²) in [6, 6.07) is -0.377. The van der Waals surface area contributed by atoms with E-state index in [1.54, 1.807) is 6.92 Å². The summed E-state index contributed by atoms with van der Waals surface area (Å²) in [5.74, 6) is -1.42. The summed E-state index contributed by atoms with van der Waals surface area (Å²) in [7, 11) is 0. The maximum atomic E-state index is 12.1. The van der Waals surface area contributed by atoms with Crippen LogP contribution in [0.1, 0.15) is 26.2 Å². The molecule has 1 amide bonds. The molecule has 0 aromatic carbocycles. The highest BCUT2D eigenvalue weighted by molar-refractivity contribution is 5.80. The molecule has 2 aliphatic rings. The first-order chi connectivity index (χ1) is 9.76. The Kier molecular flexibility index (Phi) is 4.75. The van der Waals surface area contributed by atoms with Gasteiger partial charge in [-0.05, 0) is 26.3 Å². The summed E-state index contributed by atoms with van der Waals surface area (Å²) < 4.78 is 41.4. The molecule has 1 N–H and O–H groups in total. The topological polar surface area (TPSA) is 58.6 Å². The molecule has 0 aromatic rings. The summed E-state index contributed by atoms with van der Waals surface area (Å²) in [5, 5.41) is 1.92. The van der Waals surface area contributed by atoms with Gasteiger partial charge in [0.1, 0.15) is 18.7 Å². The minimum absolute atomic E-state index is 0.151. The fourth-order valence-corrected chi connectivity index (χ4v) is 2.87. The molecular weight excluding hydrogens is 289 g/mol. The van der Waals surface area contributed by atoms with E-state index in [9.17, 15) is 22.8 Å². The third-order valence-electron chi connectivity index (χ3n) is 3.87. The average Bonchev–Trinajstić information content (AvgIpc) is 2.74. The number of esters is 1. The third kappa shape index (κ3) is 4.33. The highest BCUT2D eigenvalue weighted by atomic mass is 19.4. The van der Waals surface area contributed by atoms with Crippen LogP contribution in [-0.4, -0.2) is 54.7 Å². The van der Waals surface area contributed by atoms with Crippen molar-refractivity contribution in [2.45, 2.75) is 44.5 Å². The van der Waals surface area contributed by atoms with E-state index in [0.717, 1.165) is 0 Å². The number of cyclic esters (lactones) is 1. The van der Waals surface area contributed by atoms with Gasteiger partial charge in [-0.15, -0.1) is 0 Å². The van der Waals surface area contributed by atoms with E-state index in [1.807, 2.05) is 10.2 Å². The number of nitrogens with zero attached hydrogens (tertiary/aromatic N) is 1. The minimum Gasteiger partial charge on any atom is -0.461 e. The number of amides is 1. The summed E-state index contributed by atoms with van der Waals surface area (Å²) in [4.78, 5) is 25.4. The predicted molar refractivity (Wildman–Crippen MR) is 67.3 cm³/mol. The van der Waals surface area contributed by atoms with Crippen molar-refractivity contribution in [2.24, 2.45) is 5.92 Å². The van der Waals surface area contributed by atoms with E-state index >= 15 is 0 Å². The van der Waals surface area contributed by atoms with E-state index in [-0.39, 0.29) is 18.1 Å². The molecule has 3 unspecified atom stereocenters. The Hall–Kier alpha value is -1.31. The van der Waals surface area contributed by atoms with Crippen LogP contribution in [0.5, 0.6) is 0 Å². The second-order valence-electron chi connectivity index (χ2n) is 5.67. The van der Waals surface area contributed by atoms with Crippen LogP contribution in [0.25, 0.3) is 0 Å². The third-order valence-corrected chi connectivity index (χ3v) is 3.87. The summed E-state index contributed by atoms with van der Waals surface area (Å²) in [6.45, 7) is 1.45. The molecule has 0 spiro atoms. The number of rotatable bonds is 3. The maximum absolute atomic E-state index is 12.1. The maximum Gasteiger partial charge on any atom is 0.405 e. The van der Waals surface area contributed by atoms with Crippen molar-refractivity contribution in [3.05, 3.63) is 0 Å². The van der Waals surface area contributed by atoms with Crippen molar-refractivity contribution in [1.29, 1.82) is 0 Å². The first kappa shape index (κ1) is 16.1. The number of hydrogen-bond donors (Lipinski definition) is 1. The van der Waals surface area contributed by atoms with Crippen molar-refractivity contribution in [1.82, 2.24) is 10.2 Å². The van der Waals surface area contributed by atoms with Gasteiger partial charge in [-0.2, -0.15) is 13.2 Å². The van der Waals surface area contributed by atoms with Crippen LogP contribution < -0.4 is 5.32 Å². The van der Waals surface area contributed by atoms with E-state index in [1.165, 1.54) is 0 Å². The Morgan fingerprint density at radius 1 is 1.48 bits per heavy atom. The second-order valence-corrected chi connectivity index (χ2v) is 5.67. The Morgan fingerprint density at radius 3 is 2.76 bits per heavy atom. The van der Waals surface area contributed by atoms with Gasteiger partial charge in [0.2, 0.25) is 5.91 Å². The Morgan fingerprint density at radius 2 is 2.19 bits per heavy atom.